The molecule has 1 saturated carbocycles. The normalized spacial score (nSPS) is 18.3. The third-order valence-corrected chi connectivity index (χ3v) is 5.56. The third kappa shape index (κ3) is 4.31. The molecular weight excluding hydrogens is 342 g/mol. The van der Waals surface area contributed by atoms with E-state index in [1.165, 1.54) is 24.8 Å². The third-order valence-electron chi connectivity index (χ3n) is 5.56. The quantitative estimate of drug-likeness (QED) is 0.779. The number of nitrogens with zero attached hydrogens (tertiary/aromatic N) is 3. The first-order valence-electron chi connectivity index (χ1n) is 10.00. The van der Waals surface area contributed by atoms with E-state index in [4.69, 9.17) is 9.26 Å². The Bertz CT molecular complexity index is 776. The number of benzene rings is 1. The lowest BCUT2D eigenvalue weighted by molar-refractivity contribution is -0.141. The Morgan fingerprint density at radius 1 is 1.26 bits per heavy atom. The lowest BCUT2D eigenvalue weighted by atomic mass is 9.86. The van der Waals surface area contributed by atoms with Crippen LogP contribution < -0.4 is 4.74 Å². The van der Waals surface area contributed by atoms with Crippen LogP contribution in [-0.2, 0) is 11.2 Å². The summed E-state index contributed by atoms with van der Waals surface area (Å²) in [6, 6.07) is 7.97. The van der Waals surface area contributed by atoms with E-state index in [9.17, 15) is 4.79 Å². The minimum absolute atomic E-state index is 0.177. The number of aromatic nitrogens is 2. The van der Waals surface area contributed by atoms with Gasteiger partial charge in [0.25, 0.3) is 0 Å². The van der Waals surface area contributed by atoms with Gasteiger partial charge in [-0.3, -0.25) is 4.79 Å². The molecule has 0 spiro atoms. The van der Waals surface area contributed by atoms with Crippen LogP contribution in [0.4, 0.5) is 0 Å². The molecule has 27 heavy (non-hydrogen) atoms. The van der Waals surface area contributed by atoms with Crippen LogP contribution in [0.5, 0.6) is 5.75 Å². The number of hydrogen-bond acceptors (Lipinski definition) is 5. The van der Waals surface area contributed by atoms with E-state index in [-0.39, 0.29) is 11.8 Å². The first-order valence-corrected chi connectivity index (χ1v) is 10.00. The molecule has 4 rings (SSSR count). The predicted molar refractivity (Wildman–Crippen MR) is 101 cm³/mol. The van der Waals surface area contributed by atoms with Crippen LogP contribution in [0.2, 0.25) is 0 Å². The first kappa shape index (κ1) is 18.0. The molecule has 6 heteroatoms. The first-order chi connectivity index (χ1) is 13.2. The molecule has 0 N–H and O–H groups in total. The average molecular weight is 369 g/mol. The van der Waals surface area contributed by atoms with Gasteiger partial charge in [0, 0.05) is 25.4 Å². The molecule has 1 aliphatic heterocycles. The van der Waals surface area contributed by atoms with Crippen LogP contribution in [0, 0.1) is 12.8 Å². The van der Waals surface area contributed by atoms with E-state index in [2.05, 4.69) is 10.1 Å². The monoisotopic (exact) mass is 369 g/mol. The van der Waals surface area contributed by atoms with Gasteiger partial charge >= 0.3 is 0 Å². The Morgan fingerprint density at radius 3 is 2.85 bits per heavy atom. The van der Waals surface area contributed by atoms with Crippen LogP contribution >= 0.6 is 0 Å². The molecule has 1 aliphatic carbocycles. The van der Waals surface area contributed by atoms with Crippen molar-refractivity contribution in [2.75, 3.05) is 19.7 Å². The number of carbonyl (C=O) groups is 1. The van der Waals surface area contributed by atoms with Crippen molar-refractivity contribution in [3.63, 3.8) is 0 Å². The fourth-order valence-corrected chi connectivity index (χ4v) is 3.92. The summed E-state index contributed by atoms with van der Waals surface area (Å²) in [7, 11) is 0. The predicted octanol–water partition coefficient (Wildman–Crippen LogP) is 3.51. The van der Waals surface area contributed by atoms with Crippen LogP contribution in [0.15, 0.2) is 28.8 Å². The maximum atomic E-state index is 12.5. The van der Waals surface area contributed by atoms with Gasteiger partial charge in [0.2, 0.25) is 11.8 Å². The summed E-state index contributed by atoms with van der Waals surface area (Å²) in [6.45, 7) is 3.96. The van der Waals surface area contributed by atoms with Crippen LogP contribution in [0.1, 0.15) is 55.3 Å². The van der Waals surface area contributed by atoms with Crippen molar-refractivity contribution in [1.82, 2.24) is 15.0 Å². The number of ether oxygens (including phenoxy) is 1. The molecule has 2 aliphatic rings. The van der Waals surface area contributed by atoms with Crippen molar-refractivity contribution in [2.24, 2.45) is 5.92 Å². The van der Waals surface area contributed by atoms with Gasteiger partial charge in [-0.25, -0.2) is 0 Å². The maximum Gasteiger partial charge on any atom is 0.233 e. The van der Waals surface area contributed by atoms with E-state index >= 15 is 0 Å². The minimum Gasteiger partial charge on any atom is -0.493 e. The van der Waals surface area contributed by atoms with Crippen molar-refractivity contribution in [3.8, 4) is 5.75 Å². The zero-order chi connectivity index (χ0) is 18.6. The Labute approximate surface area is 159 Å². The van der Waals surface area contributed by atoms with Crippen LogP contribution in [-0.4, -0.2) is 40.6 Å². The highest BCUT2D eigenvalue weighted by Gasteiger charge is 2.38. The Hall–Kier alpha value is -2.37. The highest BCUT2D eigenvalue weighted by molar-refractivity contribution is 5.79. The summed E-state index contributed by atoms with van der Waals surface area (Å²) in [5.74, 6) is 2.89. The standard InChI is InChI=1S/C21H27N3O3/c1-15-6-5-9-18(12-15)26-11-10-19-22-20(27-23-19)17-13-24(14-17)21(25)16-7-3-2-4-8-16/h5-6,9,12,16-17H,2-4,7-8,10-11,13-14H2,1H3. The summed E-state index contributed by atoms with van der Waals surface area (Å²) >= 11 is 0. The number of rotatable bonds is 6. The van der Waals surface area contributed by atoms with Gasteiger partial charge < -0.3 is 14.2 Å². The second-order valence-electron chi connectivity index (χ2n) is 7.74. The van der Waals surface area contributed by atoms with Gasteiger partial charge in [-0.05, 0) is 37.5 Å². The van der Waals surface area contributed by atoms with Crippen LogP contribution in [0.25, 0.3) is 0 Å². The second-order valence-corrected chi connectivity index (χ2v) is 7.74. The number of carbonyl (C=O) groups excluding carboxylic acids is 1. The smallest absolute Gasteiger partial charge is 0.233 e. The fourth-order valence-electron chi connectivity index (χ4n) is 3.92. The summed E-state index contributed by atoms with van der Waals surface area (Å²) in [5.41, 5.74) is 1.17. The van der Waals surface area contributed by atoms with E-state index in [1.54, 1.807) is 0 Å². The zero-order valence-electron chi connectivity index (χ0n) is 15.9. The molecule has 2 heterocycles. The van der Waals surface area contributed by atoms with Crippen molar-refractivity contribution in [1.29, 1.82) is 0 Å². The molecule has 1 aromatic carbocycles. The molecule has 6 nitrogen and oxygen atoms in total. The largest absolute Gasteiger partial charge is 0.493 e. The Kier molecular flexibility index (Phi) is 5.41. The van der Waals surface area contributed by atoms with Crippen molar-refractivity contribution >= 4 is 5.91 Å². The highest BCUT2D eigenvalue weighted by Crippen LogP contribution is 2.31. The second kappa shape index (κ2) is 8.11. The molecule has 0 unspecified atom stereocenters. The molecule has 0 radical (unpaired) electrons. The van der Waals surface area contributed by atoms with Gasteiger partial charge in [0.05, 0.1) is 12.5 Å². The van der Waals surface area contributed by atoms with Gasteiger partial charge in [-0.1, -0.05) is 36.6 Å². The van der Waals surface area contributed by atoms with Gasteiger partial charge in [-0.15, -0.1) is 0 Å². The summed E-state index contributed by atoms with van der Waals surface area (Å²) in [4.78, 5) is 18.9. The Morgan fingerprint density at radius 2 is 2.07 bits per heavy atom. The van der Waals surface area contributed by atoms with Crippen molar-refractivity contribution in [2.45, 2.75) is 51.4 Å². The van der Waals surface area contributed by atoms with Gasteiger partial charge in [0.15, 0.2) is 5.82 Å². The Balaban J connectivity index is 1.22. The molecule has 1 aromatic heterocycles. The number of likely N-dealkylation sites (tertiary alicyclic amines) is 1. The average Bonchev–Trinajstić information content (AvgIpc) is 3.09. The summed E-state index contributed by atoms with van der Waals surface area (Å²) in [6.07, 6.45) is 6.34. The summed E-state index contributed by atoms with van der Waals surface area (Å²) in [5, 5.41) is 4.06. The van der Waals surface area contributed by atoms with E-state index < -0.39 is 0 Å². The molecule has 0 bridgehead atoms. The summed E-state index contributed by atoms with van der Waals surface area (Å²) < 4.78 is 11.2. The SMILES string of the molecule is Cc1cccc(OCCc2noc(C3CN(C(=O)C4CCCCC4)C3)n2)c1. The van der Waals surface area contributed by atoms with E-state index in [0.29, 0.717) is 43.7 Å². The van der Waals surface area contributed by atoms with Crippen molar-refractivity contribution in [3.05, 3.63) is 41.5 Å². The van der Waals surface area contributed by atoms with E-state index in [0.717, 1.165) is 18.6 Å². The molecule has 2 fully saturated rings. The number of hydrogen-bond donors (Lipinski definition) is 0. The molecule has 0 atom stereocenters. The van der Waals surface area contributed by atoms with Gasteiger partial charge in [-0.2, -0.15) is 4.98 Å². The topological polar surface area (TPSA) is 68.5 Å². The fraction of sp³-hybridized carbons (Fsp3) is 0.571. The van der Waals surface area contributed by atoms with E-state index in [1.807, 2.05) is 36.1 Å². The molecule has 1 amide bonds. The minimum atomic E-state index is 0.177. The molecule has 2 aromatic rings. The van der Waals surface area contributed by atoms with Crippen LogP contribution in [0.3, 0.4) is 0 Å². The molecular formula is C21H27N3O3. The number of aryl methyl sites for hydroxylation is 1. The number of amides is 1. The maximum absolute atomic E-state index is 12.5. The lowest BCUT2D eigenvalue weighted by Crippen LogP contribution is -2.51. The van der Waals surface area contributed by atoms with Crippen molar-refractivity contribution < 1.29 is 14.1 Å². The lowest BCUT2D eigenvalue weighted by Gasteiger charge is -2.39. The molecule has 1 saturated heterocycles. The zero-order valence-corrected chi connectivity index (χ0v) is 15.9. The molecule has 144 valence electrons. The highest BCUT2D eigenvalue weighted by atomic mass is 16.5. The van der Waals surface area contributed by atoms with Gasteiger partial charge in [0.1, 0.15) is 5.75 Å².